The number of hydrogen-bond acceptors (Lipinski definition) is 3. The van der Waals surface area contributed by atoms with Crippen LogP contribution in [0, 0.1) is 25.7 Å². The van der Waals surface area contributed by atoms with Crippen molar-refractivity contribution in [1.82, 2.24) is 0 Å². The highest BCUT2D eigenvalue weighted by Crippen LogP contribution is 2.39. The van der Waals surface area contributed by atoms with Gasteiger partial charge in [-0.2, -0.15) is 0 Å². The van der Waals surface area contributed by atoms with Gasteiger partial charge in [0, 0.05) is 26.1 Å². The van der Waals surface area contributed by atoms with Crippen LogP contribution in [-0.2, 0) is 20.7 Å². The Morgan fingerprint density at radius 2 is 1.78 bits per heavy atom. The van der Waals surface area contributed by atoms with Gasteiger partial charge in [-0.25, -0.2) is 0 Å². The summed E-state index contributed by atoms with van der Waals surface area (Å²) in [6.45, 7) is 7.66. The van der Waals surface area contributed by atoms with Crippen molar-refractivity contribution in [2.75, 3.05) is 13.2 Å². The van der Waals surface area contributed by atoms with Gasteiger partial charge < -0.3 is 4.74 Å². The second-order valence-corrected chi connectivity index (χ2v) is 7.17. The number of hydrogen-bond donors (Lipinski definition) is 0. The molecule has 0 amide bonds. The normalized spacial score (nSPS) is 28.4. The van der Waals surface area contributed by atoms with E-state index in [0.717, 1.165) is 36.1 Å². The van der Waals surface area contributed by atoms with E-state index in [2.05, 4.69) is 26.0 Å². The van der Waals surface area contributed by atoms with E-state index < -0.39 is 5.92 Å². The Balaban J connectivity index is 1.90. The van der Waals surface area contributed by atoms with Crippen molar-refractivity contribution in [2.24, 2.45) is 11.8 Å². The van der Waals surface area contributed by atoms with Gasteiger partial charge in [-0.05, 0) is 55.2 Å². The largest absolute Gasteiger partial charge is 0.381 e. The lowest BCUT2D eigenvalue weighted by Gasteiger charge is -2.31. The molecule has 1 aromatic rings. The fourth-order valence-corrected chi connectivity index (χ4v) is 4.36. The molecule has 1 saturated heterocycles. The van der Waals surface area contributed by atoms with Crippen LogP contribution in [0.15, 0.2) is 12.1 Å². The molecule has 0 radical (unpaired) electrons. The standard InChI is InChI=1S/C20H26O3/c1-4-14-8-12(2)7-13(3)19(14)20-17(21)9-16(10-18(20)22)15-5-6-23-11-15/h7-8,15-16,20H,4-6,9-11H2,1-3H3. The number of carbonyl (C=O) groups excluding carboxylic acids is 2. The van der Waals surface area contributed by atoms with Gasteiger partial charge in [-0.15, -0.1) is 0 Å². The van der Waals surface area contributed by atoms with E-state index in [1.165, 1.54) is 5.56 Å². The molecule has 2 aliphatic rings. The summed E-state index contributed by atoms with van der Waals surface area (Å²) in [6, 6.07) is 4.21. The van der Waals surface area contributed by atoms with E-state index in [1.807, 2.05) is 6.92 Å². The molecule has 1 unspecified atom stereocenters. The van der Waals surface area contributed by atoms with E-state index in [1.54, 1.807) is 0 Å². The van der Waals surface area contributed by atoms with E-state index in [9.17, 15) is 9.59 Å². The topological polar surface area (TPSA) is 43.4 Å². The molecule has 1 saturated carbocycles. The van der Waals surface area contributed by atoms with Crippen LogP contribution in [0.2, 0.25) is 0 Å². The van der Waals surface area contributed by atoms with E-state index in [4.69, 9.17) is 4.74 Å². The third kappa shape index (κ3) is 3.12. The lowest BCUT2D eigenvalue weighted by molar-refractivity contribution is -0.134. The average Bonchev–Trinajstić information content (AvgIpc) is 3.02. The molecule has 23 heavy (non-hydrogen) atoms. The molecule has 1 aromatic carbocycles. The predicted octanol–water partition coefficient (Wildman–Crippen LogP) is 3.53. The fourth-order valence-electron chi connectivity index (χ4n) is 4.36. The zero-order valence-electron chi connectivity index (χ0n) is 14.4. The SMILES string of the molecule is CCc1cc(C)cc(C)c1C1C(=O)CC(C2CCOC2)CC1=O. The molecule has 1 aliphatic carbocycles. The molecule has 124 valence electrons. The zero-order chi connectivity index (χ0) is 16.6. The summed E-state index contributed by atoms with van der Waals surface area (Å²) in [6.07, 6.45) is 2.90. The number of rotatable bonds is 3. The zero-order valence-corrected chi connectivity index (χ0v) is 14.4. The second-order valence-electron chi connectivity index (χ2n) is 7.17. The summed E-state index contributed by atoms with van der Waals surface area (Å²) in [5, 5.41) is 0. The highest BCUT2D eigenvalue weighted by atomic mass is 16.5. The minimum atomic E-state index is -0.538. The Hall–Kier alpha value is -1.48. The number of ketones is 2. The summed E-state index contributed by atoms with van der Waals surface area (Å²) in [5.41, 5.74) is 4.40. The highest BCUT2D eigenvalue weighted by Gasteiger charge is 2.41. The van der Waals surface area contributed by atoms with Crippen LogP contribution in [0.3, 0.4) is 0 Å². The van der Waals surface area contributed by atoms with Crippen molar-refractivity contribution >= 4 is 11.6 Å². The van der Waals surface area contributed by atoms with Crippen molar-refractivity contribution < 1.29 is 14.3 Å². The predicted molar refractivity (Wildman–Crippen MR) is 89.7 cm³/mol. The van der Waals surface area contributed by atoms with Crippen molar-refractivity contribution in [3.05, 3.63) is 34.4 Å². The smallest absolute Gasteiger partial charge is 0.148 e. The Bertz CT molecular complexity index is 608. The first-order chi connectivity index (χ1) is 11.0. The van der Waals surface area contributed by atoms with Crippen LogP contribution < -0.4 is 0 Å². The van der Waals surface area contributed by atoms with Crippen LogP contribution in [-0.4, -0.2) is 24.8 Å². The maximum Gasteiger partial charge on any atom is 0.148 e. The van der Waals surface area contributed by atoms with Gasteiger partial charge in [0.2, 0.25) is 0 Å². The van der Waals surface area contributed by atoms with E-state index in [-0.39, 0.29) is 17.5 Å². The average molecular weight is 314 g/mol. The molecule has 1 aliphatic heterocycles. The second kappa shape index (κ2) is 6.56. The molecule has 0 N–H and O–H groups in total. The molecule has 3 rings (SSSR count). The van der Waals surface area contributed by atoms with Gasteiger partial charge in [0.1, 0.15) is 17.5 Å². The first kappa shape index (κ1) is 16.4. The maximum absolute atomic E-state index is 12.8. The summed E-state index contributed by atoms with van der Waals surface area (Å²) in [4.78, 5) is 25.6. The molecule has 0 bridgehead atoms. The number of aryl methyl sites for hydroxylation is 3. The summed E-state index contributed by atoms with van der Waals surface area (Å²) >= 11 is 0. The van der Waals surface area contributed by atoms with Gasteiger partial charge in [-0.1, -0.05) is 24.6 Å². The number of carbonyl (C=O) groups is 2. The number of Topliss-reactive ketones (excluding diaryl/α,β-unsaturated/α-hetero) is 2. The van der Waals surface area contributed by atoms with Crippen LogP contribution >= 0.6 is 0 Å². The molecule has 0 spiro atoms. The quantitative estimate of drug-likeness (QED) is 0.802. The Kier molecular flexibility index (Phi) is 4.67. The first-order valence-electron chi connectivity index (χ1n) is 8.74. The lowest BCUT2D eigenvalue weighted by Crippen LogP contribution is -2.36. The van der Waals surface area contributed by atoms with Crippen LogP contribution in [0.25, 0.3) is 0 Å². The van der Waals surface area contributed by atoms with Gasteiger partial charge in [0.15, 0.2) is 0 Å². The minimum Gasteiger partial charge on any atom is -0.381 e. The fraction of sp³-hybridized carbons (Fsp3) is 0.600. The highest BCUT2D eigenvalue weighted by molar-refractivity contribution is 6.10. The monoisotopic (exact) mass is 314 g/mol. The third-order valence-electron chi connectivity index (χ3n) is 5.49. The van der Waals surface area contributed by atoms with Gasteiger partial charge in [0.05, 0.1) is 0 Å². The Labute approximate surface area is 138 Å². The molecular formula is C20H26O3. The molecule has 3 nitrogen and oxygen atoms in total. The summed E-state index contributed by atoms with van der Waals surface area (Å²) in [7, 11) is 0. The minimum absolute atomic E-state index is 0.111. The number of ether oxygens (including phenoxy) is 1. The van der Waals surface area contributed by atoms with Crippen LogP contribution in [0.1, 0.15) is 54.4 Å². The molecule has 1 heterocycles. The van der Waals surface area contributed by atoms with Crippen molar-refractivity contribution in [2.45, 2.75) is 52.4 Å². The van der Waals surface area contributed by atoms with Crippen molar-refractivity contribution in [3.63, 3.8) is 0 Å². The van der Waals surface area contributed by atoms with Gasteiger partial charge >= 0.3 is 0 Å². The molecule has 3 heteroatoms. The van der Waals surface area contributed by atoms with Gasteiger partial charge in [-0.3, -0.25) is 9.59 Å². The lowest BCUT2D eigenvalue weighted by atomic mass is 9.70. The Morgan fingerprint density at radius 3 is 2.35 bits per heavy atom. The summed E-state index contributed by atoms with van der Waals surface area (Å²) in [5.74, 6) is 0.252. The Morgan fingerprint density at radius 1 is 1.09 bits per heavy atom. The third-order valence-corrected chi connectivity index (χ3v) is 5.49. The first-order valence-corrected chi connectivity index (χ1v) is 8.74. The van der Waals surface area contributed by atoms with Crippen molar-refractivity contribution in [1.29, 1.82) is 0 Å². The summed E-state index contributed by atoms with van der Waals surface area (Å²) < 4.78 is 5.44. The van der Waals surface area contributed by atoms with E-state index >= 15 is 0 Å². The van der Waals surface area contributed by atoms with Crippen LogP contribution in [0.4, 0.5) is 0 Å². The maximum atomic E-state index is 12.8. The molecule has 1 atom stereocenters. The van der Waals surface area contributed by atoms with E-state index in [0.29, 0.717) is 25.4 Å². The van der Waals surface area contributed by atoms with Crippen molar-refractivity contribution in [3.8, 4) is 0 Å². The van der Waals surface area contributed by atoms with Crippen LogP contribution in [0.5, 0.6) is 0 Å². The number of benzene rings is 1. The molecular weight excluding hydrogens is 288 g/mol. The molecule has 2 fully saturated rings. The van der Waals surface area contributed by atoms with Gasteiger partial charge in [0.25, 0.3) is 0 Å². The molecule has 0 aromatic heterocycles.